The third kappa shape index (κ3) is 4.54. The highest BCUT2D eigenvalue weighted by Crippen LogP contribution is 2.11. The fraction of sp³-hybridized carbons (Fsp3) is 0.429. The monoisotopic (exact) mass is 327 g/mol. The second-order valence-electron chi connectivity index (χ2n) is 5.10. The Kier molecular flexibility index (Phi) is 5.15. The smallest absolute Gasteiger partial charge is 0.338 e. The predicted molar refractivity (Wildman–Crippen MR) is 77.8 cm³/mol. The van der Waals surface area contributed by atoms with Crippen LogP contribution in [0.1, 0.15) is 22.3 Å². The minimum atomic E-state index is -3.06. The lowest BCUT2D eigenvalue weighted by molar-refractivity contribution is -0.124. The fourth-order valence-electron chi connectivity index (χ4n) is 2.14. The van der Waals surface area contributed by atoms with Crippen LogP contribution >= 0.6 is 0 Å². The summed E-state index contributed by atoms with van der Waals surface area (Å²) in [5, 5.41) is 11.4. The third-order valence-corrected chi connectivity index (χ3v) is 5.07. The number of carbonyl (C=O) groups is 2. The molecule has 0 radical (unpaired) electrons. The number of aliphatic hydroxyl groups excluding tert-OH is 1. The van der Waals surface area contributed by atoms with Gasteiger partial charge in [-0.3, -0.25) is 4.79 Å². The van der Waals surface area contributed by atoms with Crippen molar-refractivity contribution >= 4 is 21.7 Å². The van der Waals surface area contributed by atoms with Gasteiger partial charge in [0.2, 0.25) is 0 Å². The summed E-state index contributed by atoms with van der Waals surface area (Å²) in [6, 6.07) is 5.74. The first-order valence-corrected chi connectivity index (χ1v) is 8.58. The molecule has 1 atom stereocenters. The maximum Gasteiger partial charge on any atom is 0.338 e. The van der Waals surface area contributed by atoms with Crippen molar-refractivity contribution in [1.82, 2.24) is 5.32 Å². The normalized spacial score (nSPS) is 19.6. The van der Waals surface area contributed by atoms with Crippen LogP contribution in [-0.4, -0.2) is 49.6 Å². The van der Waals surface area contributed by atoms with E-state index >= 15 is 0 Å². The van der Waals surface area contributed by atoms with Crippen molar-refractivity contribution in [3.63, 3.8) is 0 Å². The molecular formula is C14H17NO6S. The van der Waals surface area contributed by atoms with Crippen molar-refractivity contribution in [2.24, 2.45) is 0 Å². The predicted octanol–water partition coefficient (Wildman–Crippen LogP) is -0.361. The van der Waals surface area contributed by atoms with Crippen molar-refractivity contribution in [2.45, 2.75) is 19.1 Å². The molecule has 1 aliphatic rings. The molecule has 0 bridgehead atoms. The highest BCUT2D eigenvalue weighted by atomic mass is 32.2. The number of nitrogens with one attached hydrogen (secondary N) is 1. The van der Waals surface area contributed by atoms with Crippen LogP contribution in [0.3, 0.4) is 0 Å². The van der Waals surface area contributed by atoms with E-state index in [0.29, 0.717) is 12.0 Å². The van der Waals surface area contributed by atoms with Crippen molar-refractivity contribution in [3.8, 4) is 0 Å². The molecule has 0 aliphatic carbocycles. The summed E-state index contributed by atoms with van der Waals surface area (Å²) in [6.07, 6.45) is 0.380. The number of sulfone groups is 1. The number of benzene rings is 1. The first-order valence-electron chi connectivity index (χ1n) is 6.76. The zero-order valence-corrected chi connectivity index (χ0v) is 12.6. The van der Waals surface area contributed by atoms with Crippen LogP contribution in [0.15, 0.2) is 24.3 Å². The van der Waals surface area contributed by atoms with Gasteiger partial charge in [0.25, 0.3) is 5.91 Å². The Bertz CT molecular complexity index is 652. The number of hydrogen-bond donors (Lipinski definition) is 2. The van der Waals surface area contributed by atoms with E-state index in [9.17, 15) is 18.0 Å². The SMILES string of the molecule is O=C(COC(=O)c1ccc(CO)cc1)N[C@H]1CCS(=O)(=O)C1. The second-order valence-corrected chi connectivity index (χ2v) is 7.33. The molecule has 7 nitrogen and oxygen atoms in total. The summed E-state index contributed by atoms with van der Waals surface area (Å²) >= 11 is 0. The Balaban J connectivity index is 1.79. The van der Waals surface area contributed by atoms with Gasteiger partial charge in [0, 0.05) is 6.04 Å². The lowest BCUT2D eigenvalue weighted by atomic mass is 10.1. The number of aliphatic hydroxyl groups is 1. The van der Waals surface area contributed by atoms with E-state index < -0.39 is 34.4 Å². The van der Waals surface area contributed by atoms with Gasteiger partial charge in [0.1, 0.15) is 0 Å². The maximum absolute atomic E-state index is 11.7. The van der Waals surface area contributed by atoms with E-state index in [1.807, 2.05) is 0 Å². The lowest BCUT2D eigenvalue weighted by Crippen LogP contribution is -2.38. The topological polar surface area (TPSA) is 110 Å². The minimum absolute atomic E-state index is 0.0644. The summed E-state index contributed by atoms with van der Waals surface area (Å²) in [7, 11) is -3.06. The molecule has 0 spiro atoms. The first kappa shape index (κ1) is 16.4. The van der Waals surface area contributed by atoms with Crippen LogP contribution in [0.5, 0.6) is 0 Å². The molecule has 22 heavy (non-hydrogen) atoms. The van der Waals surface area contributed by atoms with E-state index in [1.54, 1.807) is 12.1 Å². The largest absolute Gasteiger partial charge is 0.452 e. The number of hydrogen-bond acceptors (Lipinski definition) is 6. The summed E-state index contributed by atoms with van der Waals surface area (Å²) in [5.74, 6) is -1.19. The Morgan fingerprint density at radius 1 is 1.27 bits per heavy atom. The molecule has 1 aliphatic heterocycles. The quantitative estimate of drug-likeness (QED) is 0.715. The van der Waals surface area contributed by atoms with Gasteiger partial charge < -0.3 is 15.2 Å². The van der Waals surface area contributed by atoms with Gasteiger partial charge >= 0.3 is 5.97 Å². The van der Waals surface area contributed by atoms with Gasteiger partial charge in [0.15, 0.2) is 16.4 Å². The van der Waals surface area contributed by atoms with Crippen LogP contribution in [0.25, 0.3) is 0 Å². The molecule has 0 saturated carbocycles. The van der Waals surface area contributed by atoms with E-state index in [2.05, 4.69) is 5.32 Å². The Morgan fingerprint density at radius 2 is 1.95 bits per heavy atom. The van der Waals surface area contributed by atoms with Gasteiger partial charge in [-0.15, -0.1) is 0 Å². The number of ether oxygens (including phenoxy) is 1. The number of rotatable bonds is 5. The summed E-state index contributed by atoms with van der Waals surface area (Å²) in [6.45, 7) is -0.584. The molecule has 1 heterocycles. The summed E-state index contributed by atoms with van der Waals surface area (Å²) in [5.41, 5.74) is 0.935. The molecule has 120 valence electrons. The average molecular weight is 327 g/mol. The van der Waals surface area contributed by atoms with Crippen molar-refractivity contribution in [3.05, 3.63) is 35.4 Å². The Hall–Kier alpha value is -1.93. The molecular weight excluding hydrogens is 310 g/mol. The van der Waals surface area contributed by atoms with E-state index in [1.165, 1.54) is 12.1 Å². The molecule has 1 saturated heterocycles. The molecule has 0 unspecified atom stereocenters. The van der Waals surface area contributed by atoms with Gasteiger partial charge in [-0.2, -0.15) is 0 Å². The average Bonchev–Trinajstić information content (AvgIpc) is 2.83. The molecule has 8 heteroatoms. The van der Waals surface area contributed by atoms with Gasteiger partial charge in [-0.1, -0.05) is 12.1 Å². The van der Waals surface area contributed by atoms with Crippen LogP contribution in [0.2, 0.25) is 0 Å². The minimum Gasteiger partial charge on any atom is -0.452 e. The molecule has 0 aromatic heterocycles. The van der Waals surface area contributed by atoms with E-state index in [0.717, 1.165) is 0 Å². The standard InChI is InChI=1S/C14H17NO6S/c16-7-10-1-3-11(4-2-10)14(18)21-8-13(17)15-12-5-6-22(19,20)9-12/h1-4,12,16H,5-9H2,(H,15,17)/t12-/m0/s1. The number of esters is 1. The third-order valence-electron chi connectivity index (χ3n) is 3.30. The summed E-state index contributed by atoms with van der Waals surface area (Å²) in [4.78, 5) is 23.4. The number of carbonyl (C=O) groups excluding carboxylic acids is 2. The van der Waals surface area contributed by atoms with Gasteiger partial charge in [-0.05, 0) is 24.1 Å². The van der Waals surface area contributed by atoms with Crippen LogP contribution in [0.4, 0.5) is 0 Å². The fourth-order valence-corrected chi connectivity index (χ4v) is 3.81. The molecule has 1 fully saturated rings. The number of amides is 1. The molecule has 1 aromatic carbocycles. The summed E-state index contributed by atoms with van der Waals surface area (Å²) < 4.78 is 27.4. The Morgan fingerprint density at radius 3 is 2.50 bits per heavy atom. The van der Waals surface area contributed by atoms with Crippen molar-refractivity contribution in [1.29, 1.82) is 0 Å². The van der Waals surface area contributed by atoms with Crippen LogP contribution in [-0.2, 0) is 26.0 Å². The zero-order valence-electron chi connectivity index (χ0n) is 11.8. The van der Waals surface area contributed by atoms with Crippen LogP contribution < -0.4 is 5.32 Å². The van der Waals surface area contributed by atoms with E-state index in [-0.39, 0.29) is 23.7 Å². The molecule has 2 rings (SSSR count). The van der Waals surface area contributed by atoms with Crippen molar-refractivity contribution in [2.75, 3.05) is 18.1 Å². The molecule has 2 N–H and O–H groups in total. The molecule has 1 aromatic rings. The second kappa shape index (κ2) is 6.89. The zero-order chi connectivity index (χ0) is 16.2. The Labute approximate surface area is 128 Å². The highest BCUT2D eigenvalue weighted by molar-refractivity contribution is 7.91. The lowest BCUT2D eigenvalue weighted by Gasteiger charge is -2.11. The van der Waals surface area contributed by atoms with Crippen LogP contribution in [0, 0.1) is 0 Å². The van der Waals surface area contributed by atoms with Crippen molar-refractivity contribution < 1.29 is 27.9 Å². The first-order chi connectivity index (χ1) is 10.4. The van der Waals surface area contributed by atoms with E-state index in [4.69, 9.17) is 9.84 Å². The van der Waals surface area contributed by atoms with Gasteiger partial charge in [0.05, 0.1) is 23.7 Å². The highest BCUT2D eigenvalue weighted by Gasteiger charge is 2.29. The maximum atomic E-state index is 11.7. The molecule has 1 amide bonds. The van der Waals surface area contributed by atoms with Gasteiger partial charge in [-0.25, -0.2) is 13.2 Å².